The number of hydrogen-bond acceptors (Lipinski definition) is 0. The molecule has 0 N–H and O–H groups in total. The first kappa shape index (κ1) is 25.4. The molecule has 0 bridgehead atoms. The number of rotatable bonds is 8. The molecule has 0 aliphatic heterocycles. The van der Waals surface area contributed by atoms with E-state index in [2.05, 4.69) is 6.92 Å². The van der Waals surface area contributed by atoms with Gasteiger partial charge in [0.2, 0.25) is 0 Å². The van der Waals surface area contributed by atoms with E-state index in [0.29, 0.717) is 18.8 Å². The Balaban J connectivity index is 1.54. The molecule has 182 valence electrons. The maximum absolute atomic E-state index is 14.4. The van der Waals surface area contributed by atoms with Crippen LogP contribution in [0.3, 0.4) is 0 Å². The first-order valence-electron chi connectivity index (χ1n) is 12.3. The number of halogens is 6. The largest absolute Gasteiger partial charge is 0.426 e. The van der Waals surface area contributed by atoms with Crippen molar-refractivity contribution in [1.29, 1.82) is 0 Å². The van der Waals surface area contributed by atoms with Crippen LogP contribution in [0.5, 0.6) is 0 Å². The zero-order chi connectivity index (χ0) is 23.4. The first-order valence-corrected chi connectivity index (χ1v) is 12.3. The van der Waals surface area contributed by atoms with Gasteiger partial charge in [-0.05, 0) is 54.9 Å². The van der Waals surface area contributed by atoms with Crippen LogP contribution in [-0.2, 0) is 5.92 Å². The maximum atomic E-state index is 14.4. The minimum Gasteiger partial charge on any atom is -0.230 e. The van der Waals surface area contributed by atoms with Gasteiger partial charge in [-0.3, -0.25) is 0 Å². The van der Waals surface area contributed by atoms with Gasteiger partial charge in [0.15, 0.2) is 0 Å². The maximum Gasteiger partial charge on any atom is 0.426 e. The van der Waals surface area contributed by atoms with Crippen LogP contribution in [0.4, 0.5) is 26.3 Å². The summed E-state index contributed by atoms with van der Waals surface area (Å²) in [6.45, 7) is 2.24. The van der Waals surface area contributed by atoms with Crippen molar-refractivity contribution in [1.82, 2.24) is 0 Å². The predicted molar refractivity (Wildman–Crippen MR) is 116 cm³/mol. The zero-order valence-electron chi connectivity index (χ0n) is 18.9. The van der Waals surface area contributed by atoms with E-state index in [1.165, 1.54) is 57.1 Å². The topological polar surface area (TPSA) is 0 Å². The highest BCUT2D eigenvalue weighted by Crippen LogP contribution is 2.47. The van der Waals surface area contributed by atoms with E-state index in [-0.39, 0.29) is 11.5 Å². The Kier molecular flexibility index (Phi) is 8.59. The van der Waals surface area contributed by atoms with Gasteiger partial charge in [-0.25, -0.2) is 4.39 Å². The van der Waals surface area contributed by atoms with Crippen LogP contribution in [0.1, 0.15) is 101 Å². The molecule has 0 saturated heterocycles. The molecule has 2 aliphatic rings. The molecule has 1 atom stereocenters. The smallest absolute Gasteiger partial charge is 0.230 e. The van der Waals surface area contributed by atoms with Crippen LogP contribution in [0, 0.1) is 17.8 Å². The second kappa shape index (κ2) is 10.8. The molecule has 6 heteroatoms. The molecular formula is C26H36F6. The van der Waals surface area contributed by atoms with E-state index in [1.54, 1.807) is 6.07 Å². The Bertz CT molecular complexity index is 697. The number of hydrogen-bond donors (Lipinski definition) is 0. The van der Waals surface area contributed by atoms with Crippen molar-refractivity contribution < 1.29 is 26.3 Å². The summed E-state index contributed by atoms with van der Waals surface area (Å²) in [5.41, 5.74) is -0.630. The van der Waals surface area contributed by atoms with E-state index in [4.69, 9.17) is 0 Å². The van der Waals surface area contributed by atoms with Crippen LogP contribution in [-0.4, -0.2) is 12.3 Å². The van der Waals surface area contributed by atoms with E-state index in [1.807, 2.05) is 0 Å². The van der Waals surface area contributed by atoms with Crippen LogP contribution >= 0.6 is 0 Å². The highest BCUT2D eigenvalue weighted by molar-refractivity contribution is 5.35. The highest BCUT2D eigenvalue weighted by Gasteiger charge is 2.58. The molecule has 1 aromatic carbocycles. The third kappa shape index (κ3) is 6.22. The molecule has 2 aliphatic carbocycles. The Morgan fingerprint density at radius 3 is 1.72 bits per heavy atom. The van der Waals surface area contributed by atoms with Crippen LogP contribution in [0.25, 0.3) is 0 Å². The van der Waals surface area contributed by atoms with Crippen molar-refractivity contribution in [3.05, 3.63) is 35.4 Å². The van der Waals surface area contributed by atoms with E-state index in [0.717, 1.165) is 37.2 Å². The van der Waals surface area contributed by atoms with Crippen molar-refractivity contribution in [2.24, 2.45) is 17.8 Å². The number of alkyl halides is 6. The first-order chi connectivity index (χ1) is 15.1. The minimum absolute atomic E-state index is 0.178. The molecule has 2 fully saturated rings. The highest BCUT2D eigenvalue weighted by atomic mass is 19.4. The van der Waals surface area contributed by atoms with Crippen molar-refractivity contribution in [2.45, 2.75) is 108 Å². The molecule has 0 radical (unpaired) electrons. The van der Waals surface area contributed by atoms with Gasteiger partial charge >= 0.3 is 12.1 Å². The van der Waals surface area contributed by atoms with Gasteiger partial charge in [-0.1, -0.05) is 82.6 Å². The predicted octanol–water partition coefficient (Wildman–Crippen LogP) is 9.34. The summed E-state index contributed by atoms with van der Waals surface area (Å²) in [5.74, 6) is -2.58. The third-order valence-electron chi connectivity index (χ3n) is 7.86. The fourth-order valence-corrected chi connectivity index (χ4v) is 5.95. The average Bonchev–Trinajstić information content (AvgIpc) is 2.78. The van der Waals surface area contributed by atoms with Crippen molar-refractivity contribution in [2.75, 3.05) is 0 Å². The van der Waals surface area contributed by atoms with Gasteiger partial charge in [0.1, 0.15) is 0 Å². The van der Waals surface area contributed by atoms with Crippen LogP contribution in [0.2, 0.25) is 0 Å². The number of benzene rings is 1. The molecule has 3 rings (SSSR count). The molecule has 1 unspecified atom stereocenters. The molecule has 0 aromatic heterocycles. The standard InChI is InChI=1S/C26H36F6/c1-2-5-18-8-10-19(11-9-18)12-13-20-14-16-21(17-15-20)22-6-3-4-7-23(22)25(28,29)24(27)26(30,31)32/h3-4,6-7,18-21,24H,2,5,8-17H2,1H3. The van der Waals surface area contributed by atoms with Crippen molar-refractivity contribution in [3.8, 4) is 0 Å². The molecular weight excluding hydrogens is 426 g/mol. The summed E-state index contributed by atoms with van der Waals surface area (Å²) in [5, 5.41) is 0. The summed E-state index contributed by atoms with van der Waals surface area (Å²) >= 11 is 0. The molecule has 0 nitrogen and oxygen atoms in total. The van der Waals surface area contributed by atoms with E-state index in [9.17, 15) is 26.3 Å². The molecule has 2 saturated carbocycles. The lowest BCUT2D eigenvalue weighted by Gasteiger charge is -2.33. The summed E-state index contributed by atoms with van der Waals surface area (Å²) < 4.78 is 80.6. The Morgan fingerprint density at radius 1 is 0.750 bits per heavy atom. The second-order valence-electron chi connectivity index (χ2n) is 10.1. The van der Waals surface area contributed by atoms with Gasteiger partial charge in [0, 0.05) is 5.56 Å². The molecule has 0 heterocycles. The van der Waals surface area contributed by atoms with Gasteiger partial charge in [-0.2, -0.15) is 22.0 Å². The van der Waals surface area contributed by atoms with Crippen molar-refractivity contribution >= 4 is 0 Å². The molecule has 1 aromatic rings. The third-order valence-corrected chi connectivity index (χ3v) is 7.86. The average molecular weight is 463 g/mol. The van der Waals surface area contributed by atoms with Crippen LogP contribution < -0.4 is 0 Å². The fraction of sp³-hybridized carbons (Fsp3) is 0.769. The van der Waals surface area contributed by atoms with Crippen molar-refractivity contribution in [3.63, 3.8) is 0 Å². The Morgan fingerprint density at radius 2 is 1.22 bits per heavy atom. The van der Waals surface area contributed by atoms with Gasteiger partial charge in [0.25, 0.3) is 6.17 Å². The fourth-order valence-electron chi connectivity index (χ4n) is 5.95. The zero-order valence-corrected chi connectivity index (χ0v) is 18.9. The SMILES string of the molecule is CCCC1CCC(CCC2CCC(c3ccccc3C(F)(F)C(F)C(F)(F)F)CC2)CC1. The lowest BCUT2D eigenvalue weighted by atomic mass is 9.73. The molecule has 0 amide bonds. The Hall–Kier alpha value is -1.20. The molecule has 0 spiro atoms. The quantitative estimate of drug-likeness (QED) is 0.338. The lowest BCUT2D eigenvalue weighted by molar-refractivity contribution is -0.248. The Labute approximate surface area is 188 Å². The molecule has 32 heavy (non-hydrogen) atoms. The minimum atomic E-state index is -5.59. The second-order valence-corrected chi connectivity index (χ2v) is 10.1. The lowest BCUT2D eigenvalue weighted by Crippen LogP contribution is -2.40. The normalized spacial score (nSPS) is 28.5. The van der Waals surface area contributed by atoms with Gasteiger partial charge in [-0.15, -0.1) is 0 Å². The summed E-state index contributed by atoms with van der Waals surface area (Å²) in [4.78, 5) is 0. The monoisotopic (exact) mass is 462 g/mol. The van der Waals surface area contributed by atoms with Gasteiger partial charge < -0.3 is 0 Å². The van der Waals surface area contributed by atoms with Crippen LogP contribution in [0.15, 0.2) is 24.3 Å². The summed E-state index contributed by atoms with van der Waals surface area (Å²) in [7, 11) is 0. The van der Waals surface area contributed by atoms with E-state index < -0.39 is 23.8 Å². The summed E-state index contributed by atoms with van der Waals surface area (Å²) in [6.07, 6.45) is 3.61. The van der Waals surface area contributed by atoms with E-state index >= 15 is 0 Å². The summed E-state index contributed by atoms with van der Waals surface area (Å²) in [6, 6.07) is 5.22. The van der Waals surface area contributed by atoms with Gasteiger partial charge in [0.05, 0.1) is 0 Å².